The lowest BCUT2D eigenvalue weighted by atomic mass is 10.2. The molecule has 1 aromatic carbocycles. The van der Waals surface area contributed by atoms with Gasteiger partial charge in [0.05, 0.1) is 11.6 Å². The van der Waals surface area contributed by atoms with Crippen molar-refractivity contribution < 1.29 is 19.4 Å². The summed E-state index contributed by atoms with van der Waals surface area (Å²) < 4.78 is 5.49. The van der Waals surface area contributed by atoms with Gasteiger partial charge in [0, 0.05) is 24.4 Å². The first kappa shape index (κ1) is 18.6. The van der Waals surface area contributed by atoms with E-state index in [0.29, 0.717) is 54.6 Å². The van der Waals surface area contributed by atoms with Gasteiger partial charge in [0.2, 0.25) is 5.91 Å². The number of ether oxygens (including phenoxy) is 1. The second-order valence-corrected chi connectivity index (χ2v) is 5.57. The predicted molar refractivity (Wildman–Crippen MR) is 85.7 cm³/mol. The molecule has 0 atom stereocenters. The number of hydrogen-bond acceptors (Lipinski definition) is 3. The molecule has 1 rings (SSSR count). The molecule has 0 bridgehead atoms. The Morgan fingerprint density at radius 1 is 1.14 bits per heavy atom. The van der Waals surface area contributed by atoms with Crippen LogP contribution in [0.25, 0.3) is 0 Å². The lowest BCUT2D eigenvalue weighted by Gasteiger charge is -2.09. The van der Waals surface area contributed by atoms with Crippen molar-refractivity contribution in [2.45, 2.75) is 32.1 Å². The van der Waals surface area contributed by atoms with E-state index in [9.17, 15) is 9.59 Å². The topological polar surface area (TPSA) is 75.6 Å². The number of aliphatic carboxylic acids is 1. The van der Waals surface area contributed by atoms with Crippen molar-refractivity contribution in [1.82, 2.24) is 5.32 Å². The Morgan fingerprint density at radius 2 is 1.86 bits per heavy atom. The molecule has 0 saturated heterocycles. The standard InChI is InChI=1S/C15H19Cl2NO4/c16-11-6-7-13(12(17)10-11)22-9-3-8-18-14(19)4-1-2-5-15(20)21/h6-7,10H,1-5,8-9H2,(H,18,19)(H,20,21). The fourth-order valence-corrected chi connectivity index (χ4v) is 2.19. The Kier molecular flexibility index (Phi) is 8.70. The number of benzene rings is 1. The second-order valence-electron chi connectivity index (χ2n) is 4.73. The first-order valence-electron chi connectivity index (χ1n) is 7.05. The Labute approximate surface area is 139 Å². The van der Waals surface area contributed by atoms with Crippen LogP contribution in [0.5, 0.6) is 5.75 Å². The molecule has 122 valence electrons. The number of amides is 1. The monoisotopic (exact) mass is 347 g/mol. The average Bonchev–Trinajstić information content (AvgIpc) is 2.45. The normalized spacial score (nSPS) is 10.3. The minimum atomic E-state index is -0.835. The van der Waals surface area contributed by atoms with E-state index in [-0.39, 0.29) is 12.3 Å². The van der Waals surface area contributed by atoms with Crippen molar-refractivity contribution in [2.75, 3.05) is 13.2 Å². The van der Waals surface area contributed by atoms with Gasteiger partial charge in [0.15, 0.2) is 0 Å². The summed E-state index contributed by atoms with van der Waals surface area (Å²) >= 11 is 11.7. The number of carbonyl (C=O) groups is 2. The van der Waals surface area contributed by atoms with Crippen molar-refractivity contribution in [3.05, 3.63) is 28.2 Å². The van der Waals surface area contributed by atoms with Gasteiger partial charge in [-0.3, -0.25) is 9.59 Å². The van der Waals surface area contributed by atoms with Crippen LogP contribution in [0.2, 0.25) is 10.0 Å². The highest BCUT2D eigenvalue weighted by molar-refractivity contribution is 6.35. The summed E-state index contributed by atoms with van der Waals surface area (Å²) in [4.78, 5) is 21.8. The third kappa shape index (κ3) is 8.10. The van der Waals surface area contributed by atoms with Gasteiger partial charge in [0.25, 0.3) is 0 Å². The molecule has 0 spiro atoms. The van der Waals surface area contributed by atoms with E-state index >= 15 is 0 Å². The molecule has 0 saturated carbocycles. The summed E-state index contributed by atoms with van der Waals surface area (Å²) in [7, 11) is 0. The summed E-state index contributed by atoms with van der Waals surface area (Å²) in [5.41, 5.74) is 0. The number of hydrogen-bond donors (Lipinski definition) is 2. The van der Waals surface area contributed by atoms with Crippen molar-refractivity contribution >= 4 is 35.1 Å². The zero-order valence-corrected chi connectivity index (χ0v) is 13.6. The highest BCUT2D eigenvalue weighted by Crippen LogP contribution is 2.27. The molecule has 0 aliphatic carbocycles. The molecule has 1 aromatic rings. The van der Waals surface area contributed by atoms with Gasteiger partial charge in [-0.25, -0.2) is 0 Å². The molecule has 0 fully saturated rings. The Hall–Kier alpha value is -1.46. The van der Waals surface area contributed by atoms with Gasteiger partial charge in [0.1, 0.15) is 5.75 Å². The molecule has 0 aliphatic heterocycles. The van der Waals surface area contributed by atoms with Crippen LogP contribution in [0, 0.1) is 0 Å². The summed E-state index contributed by atoms with van der Waals surface area (Å²) in [5, 5.41) is 12.2. The molecule has 2 N–H and O–H groups in total. The fraction of sp³-hybridized carbons (Fsp3) is 0.467. The van der Waals surface area contributed by atoms with Crippen LogP contribution in [0.4, 0.5) is 0 Å². The van der Waals surface area contributed by atoms with Crippen molar-refractivity contribution in [1.29, 1.82) is 0 Å². The van der Waals surface area contributed by atoms with Gasteiger partial charge in [-0.1, -0.05) is 23.2 Å². The molecular weight excluding hydrogens is 329 g/mol. The van der Waals surface area contributed by atoms with Gasteiger partial charge in [-0.05, 0) is 37.5 Å². The van der Waals surface area contributed by atoms with Crippen LogP contribution in [0.3, 0.4) is 0 Å². The molecule has 1 amide bonds. The fourth-order valence-electron chi connectivity index (χ4n) is 1.72. The Bertz CT molecular complexity index is 508. The van der Waals surface area contributed by atoms with Gasteiger partial charge in [-0.2, -0.15) is 0 Å². The third-order valence-electron chi connectivity index (χ3n) is 2.84. The number of halogens is 2. The zero-order chi connectivity index (χ0) is 16.4. The lowest BCUT2D eigenvalue weighted by molar-refractivity contribution is -0.137. The number of carbonyl (C=O) groups excluding carboxylic acids is 1. The number of carboxylic acids is 1. The zero-order valence-electron chi connectivity index (χ0n) is 12.1. The number of carboxylic acid groups (broad SMARTS) is 1. The predicted octanol–water partition coefficient (Wildman–Crippen LogP) is 3.52. The summed E-state index contributed by atoms with van der Waals surface area (Å²) in [6.07, 6.45) is 2.19. The molecule has 5 nitrogen and oxygen atoms in total. The molecule has 0 unspecified atom stereocenters. The van der Waals surface area contributed by atoms with Gasteiger partial charge >= 0.3 is 5.97 Å². The minimum Gasteiger partial charge on any atom is -0.492 e. The van der Waals surface area contributed by atoms with Crippen LogP contribution >= 0.6 is 23.2 Å². The number of rotatable bonds is 10. The van der Waals surface area contributed by atoms with E-state index in [1.165, 1.54) is 0 Å². The molecule has 0 heterocycles. The van der Waals surface area contributed by atoms with Crippen LogP contribution in [0.15, 0.2) is 18.2 Å². The van der Waals surface area contributed by atoms with E-state index in [1.807, 2.05) is 0 Å². The molecule has 22 heavy (non-hydrogen) atoms. The van der Waals surface area contributed by atoms with Crippen molar-refractivity contribution in [2.24, 2.45) is 0 Å². The highest BCUT2D eigenvalue weighted by Gasteiger charge is 2.04. The average molecular weight is 348 g/mol. The van der Waals surface area contributed by atoms with Crippen LogP contribution in [-0.2, 0) is 9.59 Å². The molecule has 0 radical (unpaired) electrons. The third-order valence-corrected chi connectivity index (χ3v) is 3.37. The smallest absolute Gasteiger partial charge is 0.303 e. The number of nitrogens with one attached hydrogen (secondary N) is 1. The van der Waals surface area contributed by atoms with E-state index in [0.717, 1.165) is 0 Å². The molecular formula is C15H19Cl2NO4. The Morgan fingerprint density at radius 3 is 2.55 bits per heavy atom. The lowest BCUT2D eigenvalue weighted by Crippen LogP contribution is -2.25. The van der Waals surface area contributed by atoms with Crippen LogP contribution in [-0.4, -0.2) is 30.1 Å². The largest absolute Gasteiger partial charge is 0.492 e. The first-order chi connectivity index (χ1) is 10.5. The van der Waals surface area contributed by atoms with Gasteiger partial charge < -0.3 is 15.2 Å². The van der Waals surface area contributed by atoms with E-state index in [4.69, 9.17) is 33.0 Å². The quantitative estimate of drug-likeness (QED) is 0.635. The van der Waals surface area contributed by atoms with Gasteiger partial charge in [-0.15, -0.1) is 0 Å². The van der Waals surface area contributed by atoms with E-state index in [1.54, 1.807) is 18.2 Å². The maximum Gasteiger partial charge on any atom is 0.303 e. The highest BCUT2D eigenvalue weighted by atomic mass is 35.5. The maximum absolute atomic E-state index is 11.5. The molecule has 7 heteroatoms. The molecule has 0 aromatic heterocycles. The Balaban J connectivity index is 2.07. The minimum absolute atomic E-state index is 0.0742. The summed E-state index contributed by atoms with van der Waals surface area (Å²) in [6, 6.07) is 5.00. The van der Waals surface area contributed by atoms with Crippen molar-refractivity contribution in [3.63, 3.8) is 0 Å². The number of unbranched alkanes of at least 4 members (excludes halogenated alkanes) is 1. The second kappa shape index (κ2) is 10.3. The first-order valence-corrected chi connectivity index (χ1v) is 7.81. The van der Waals surface area contributed by atoms with E-state index in [2.05, 4.69) is 5.32 Å². The summed E-state index contributed by atoms with van der Waals surface area (Å²) in [5.74, 6) is -0.348. The van der Waals surface area contributed by atoms with Crippen LogP contribution < -0.4 is 10.1 Å². The SMILES string of the molecule is O=C(O)CCCCC(=O)NCCCOc1ccc(Cl)cc1Cl. The molecule has 0 aliphatic rings. The van der Waals surface area contributed by atoms with Crippen molar-refractivity contribution in [3.8, 4) is 5.75 Å². The van der Waals surface area contributed by atoms with E-state index < -0.39 is 5.97 Å². The maximum atomic E-state index is 11.5. The van der Waals surface area contributed by atoms with Crippen LogP contribution in [0.1, 0.15) is 32.1 Å². The summed E-state index contributed by atoms with van der Waals surface area (Å²) in [6.45, 7) is 0.934.